The highest BCUT2D eigenvalue weighted by Crippen LogP contribution is 2.43. The average molecular weight is 259 g/mol. The molecule has 0 aromatic heterocycles. The number of ether oxygens (including phenoxy) is 1. The van der Waals surface area contributed by atoms with Crippen LogP contribution in [0, 0.1) is 5.41 Å². The number of rotatable bonds is 8. The molecule has 0 radical (unpaired) electrons. The van der Waals surface area contributed by atoms with Crippen LogP contribution in [0.2, 0.25) is 0 Å². The molecule has 1 aromatic rings. The monoisotopic (exact) mass is 259 g/mol. The molecule has 1 aliphatic carbocycles. The Morgan fingerprint density at radius 3 is 2.79 bits per heavy atom. The first-order valence-corrected chi connectivity index (χ1v) is 7.32. The lowest BCUT2D eigenvalue weighted by atomic mass is 9.67. The topological polar surface area (TPSA) is 21.3 Å². The fourth-order valence-corrected chi connectivity index (χ4v) is 2.73. The van der Waals surface area contributed by atoms with Gasteiger partial charge in [0.2, 0.25) is 0 Å². The molecule has 0 saturated heterocycles. The van der Waals surface area contributed by atoms with Gasteiger partial charge in [0, 0.05) is 18.7 Å². The molecule has 0 amide bonds. The summed E-state index contributed by atoms with van der Waals surface area (Å²) in [6.07, 6.45) is 7.23. The lowest BCUT2D eigenvalue weighted by molar-refractivity contribution is 0.123. The Morgan fingerprint density at radius 2 is 2.16 bits per heavy atom. The standard InChI is InChI=1S/C17H25NO/c1-3-12-19-16-9-6-5-8-15(16)13-18-14-17(4-2)10-7-11-17/h3,5-6,8-9,18H,1,4,7,10-14H2,2H3. The van der Waals surface area contributed by atoms with Crippen molar-refractivity contribution >= 4 is 0 Å². The van der Waals surface area contributed by atoms with E-state index in [1.807, 2.05) is 12.1 Å². The van der Waals surface area contributed by atoms with Gasteiger partial charge in [0.1, 0.15) is 12.4 Å². The summed E-state index contributed by atoms with van der Waals surface area (Å²) in [6.45, 7) is 8.57. The van der Waals surface area contributed by atoms with Gasteiger partial charge >= 0.3 is 0 Å². The first-order valence-electron chi connectivity index (χ1n) is 7.32. The van der Waals surface area contributed by atoms with Crippen LogP contribution in [0.1, 0.15) is 38.2 Å². The molecular weight excluding hydrogens is 234 g/mol. The predicted octanol–water partition coefficient (Wildman–Crippen LogP) is 3.92. The van der Waals surface area contributed by atoms with Crippen molar-refractivity contribution in [1.29, 1.82) is 0 Å². The fraction of sp³-hybridized carbons (Fsp3) is 0.529. The summed E-state index contributed by atoms with van der Waals surface area (Å²) in [7, 11) is 0. The third kappa shape index (κ3) is 3.60. The molecule has 19 heavy (non-hydrogen) atoms. The maximum Gasteiger partial charge on any atom is 0.124 e. The van der Waals surface area contributed by atoms with Crippen molar-refractivity contribution in [1.82, 2.24) is 5.32 Å². The van der Waals surface area contributed by atoms with Gasteiger partial charge in [-0.3, -0.25) is 0 Å². The molecule has 1 aliphatic rings. The molecule has 0 unspecified atom stereocenters. The van der Waals surface area contributed by atoms with Crippen molar-refractivity contribution < 1.29 is 4.74 Å². The van der Waals surface area contributed by atoms with E-state index >= 15 is 0 Å². The zero-order chi connectivity index (χ0) is 13.6. The zero-order valence-corrected chi connectivity index (χ0v) is 12.0. The Labute approximate surface area is 116 Å². The number of nitrogens with one attached hydrogen (secondary N) is 1. The summed E-state index contributed by atoms with van der Waals surface area (Å²) in [5.74, 6) is 0.967. The largest absolute Gasteiger partial charge is 0.489 e. The number of hydrogen-bond donors (Lipinski definition) is 1. The number of para-hydroxylation sites is 1. The van der Waals surface area contributed by atoms with E-state index in [-0.39, 0.29) is 0 Å². The van der Waals surface area contributed by atoms with Gasteiger partial charge in [0.15, 0.2) is 0 Å². The van der Waals surface area contributed by atoms with Crippen LogP contribution in [0.4, 0.5) is 0 Å². The molecule has 0 atom stereocenters. The molecule has 0 spiro atoms. The van der Waals surface area contributed by atoms with E-state index in [1.165, 1.54) is 31.2 Å². The summed E-state index contributed by atoms with van der Waals surface area (Å²) in [5, 5.41) is 3.61. The van der Waals surface area contributed by atoms with Gasteiger partial charge in [0.25, 0.3) is 0 Å². The molecule has 2 rings (SSSR count). The normalized spacial score (nSPS) is 16.7. The number of benzene rings is 1. The lowest BCUT2D eigenvalue weighted by Crippen LogP contribution is -2.39. The smallest absolute Gasteiger partial charge is 0.124 e. The SMILES string of the molecule is C=CCOc1ccccc1CNCC1(CC)CCC1. The van der Waals surface area contributed by atoms with Gasteiger partial charge in [-0.05, 0) is 30.7 Å². The Balaban J connectivity index is 1.86. The van der Waals surface area contributed by atoms with E-state index in [2.05, 4.69) is 31.0 Å². The Bertz CT molecular complexity index is 404. The van der Waals surface area contributed by atoms with Gasteiger partial charge in [-0.1, -0.05) is 44.2 Å². The molecule has 1 N–H and O–H groups in total. The third-order valence-corrected chi connectivity index (χ3v) is 4.31. The summed E-state index contributed by atoms with van der Waals surface area (Å²) < 4.78 is 5.68. The second kappa shape index (κ2) is 6.76. The summed E-state index contributed by atoms with van der Waals surface area (Å²) in [4.78, 5) is 0. The molecule has 0 heterocycles. The first-order chi connectivity index (χ1) is 9.29. The molecular formula is C17H25NO. The van der Waals surface area contributed by atoms with Crippen molar-refractivity contribution in [2.24, 2.45) is 5.41 Å². The van der Waals surface area contributed by atoms with Crippen molar-refractivity contribution in [3.8, 4) is 5.75 Å². The van der Waals surface area contributed by atoms with E-state index in [0.717, 1.165) is 18.8 Å². The van der Waals surface area contributed by atoms with Gasteiger partial charge in [-0.15, -0.1) is 0 Å². The maximum absolute atomic E-state index is 5.68. The molecule has 104 valence electrons. The minimum absolute atomic E-state index is 0.565. The highest BCUT2D eigenvalue weighted by atomic mass is 16.5. The van der Waals surface area contributed by atoms with E-state index in [4.69, 9.17) is 4.74 Å². The predicted molar refractivity (Wildman–Crippen MR) is 80.4 cm³/mol. The van der Waals surface area contributed by atoms with E-state index < -0.39 is 0 Å². The van der Waals surface area contributed by atoms with E-state index in [1.54, 1.807) is 6.08 Å². The van der Waals surface area contributed by atoms with Crippen molar-refractivity contribution in [2.45, 2.75) is 39.2 Å². The zero-order valence-electron chi connectivity index (χ0n) is 12.0. The highest BCUT2D eigenvalue weighted by molar-refractivity contribution is 5.33. The minimum atomic E-state index is 0.565. The van der Waals surface area contributed by atoms with Crippen LogP contribution in [0.5, 0.6) is 5.75 Å². The third-order valence-electron chi connectivity index (χ3n) is 4.31. The van der Waals surface area contributed by atoms with Gasteiger partial charge in [0.05, 0.1) is 0 Å². The Morgan fingerprint density at radius 1 is 1.37 bits per heavy atom. The van der Waals surface area contributed by atoms with Crippen LogP contribution in [0.3, 0.4) is 0 Å². The van der Waals surface area contributed by atoms with Crippen LogP contribution in [0.25, 0.3) is 0 Å². The van der Waals surface area contributed by atoms with Crippen LogP contribution >= 0.6 is 0 Å². The van der Waals surface area contributed by atoms with Crippen molar-refractivity contribution in [3.63, 3.8) is 0 Å². The van der Waals surface area contributed by atoms with Gasteiger partial charge in [-0.25, -0.2) is 0 Å². The lowest BCUT2D eigenvalue weighted by Gasteiger charge is -2.41. The quantitative estimate of drug-likeness (QED) is 0.714. The highest BCUT2D eigenvalue weighted by Gasteiger charge is 2.34. The minimum Gasteiger partial charge on any atom is -0.489 e. The average Bonchev–Trinajstić information content (AvgIpc) is 2.40. The second-order valence-corrected chi connectivity index (χ2v) is 5.52. The molecule has 0 aliphatic heterocycles. The first kappa shape index (κ1) is 14.1. The number of hydrogen-bond acceptors (Lipinski definition) is 2. The van der Waals surface area contributed by atoms with Crippen LogP contribution in [-0.4, -0.2) is 13.2 Å². The molecule has 1 saturated carbocycles. The van der Waals surface area contributed by atoms with Crippen LogP contribution in [0.15, 0.2) is 36.9 Å². The Hall–Kier alpha value is -1.28. The van der Waals surface area contributed by atoms with Crippen LogP contribution < -0.4 is 10.1 Å². The molecule has 1 aromatic carbocycles. The van der Waals surface area contributed by atoms with E-state index in [9.17, 15) is 0 Å². The fourth-order valence-electron chi connectivity index (χ4n) is 2.73. The van der Waals surface area contributed by atoms with Crippen molar-refractivity contribution in [3.05, 3.63) is 42.5 Å². The molecule has 2 heteroatoms. The van der Waals surface area contributed by atoms with E-state index in [0.29, 0.717) is 12.0 Å². The molecule has 1 fully saturated rings. The summed E-state index contributed by atoms with van der Waals surface area (Å²) in [6, 6.07) is 8.24. The maximum atomic E-state index is 5.68. The Kier molecular flexibility index (Phi) is 5.03. The molecule has 0 bridgehead atoms. The van der Waals surface area contributed by atoms with Gasteiger partial charge < -0.3 is 10.1 Å². The second-order valence-electron chi connectivity index (χ2n) is 5.52. The summed E-state index contributed by atoms with van der Waals surface area (Å²) in [5.41, 5.74) is 1.80. The molecule has 2 nitrogen and oxygen atoms in total. The van der Waals surface area contributed by atoms with Crippen molar-refractivity contribution in [2.75, 3.05) is 13.2 Å². The van der Waals surface area contributed by atoms with Gasteiger partial charge in [-0.2, -0.15) is 0 Å². The van der Waals surface area contributed by atoms with Crippen LogP contribution in [-0.2, 0) is 6.54 Å². The summed E-state index contributed by atoms with van der Waals surface area (Å²) >= 11 is 0.